The molecule has 0 heterocycles. The first kappa shape index (κ1) is 22.7. The van der Waals surface area contributed by atoms with Gasteiger partial charge in [0.2, 0.25) is 0 Å². The van der Waals surface area contributed by atoms with E-state index in [-0.39, 0.29) is 17.1 Å². The number of nitrogens with zero attached hydrogens (tertiary/aromatic N) is 1. The fraction of sp³-hybridized carbons (Fsp3) is 0.455. The highest BCUT2D eigenvalue weighted by Gasteiger charge is 2.18. The number of anilines is 1. The highest BCUT2D eigenvalue weighted by Crippen LogP contribution is 2.19. The van der Waals surface area contributed by atoms with E-state index in [0.29, 0.717) is 0 Å². The molecule has 0 aromatic heterocycles. The first-order valence-corrected chi connectivity index (χ1v) is 11.4. The molecule has 0 amide bonds. The van der Waals surface area contributed by atoms with Crippen molar-refractivity contribution >= 4 is 36.0 Å². The van der Waals surface area contributed by atoms with Crippen molar-refractivity contribution in [2.75, 3.05) is 36.9 Å². The minimum Gasteiger partial charge on any atom is -0.286 e. The largest absolute Gasteiger partial charge is 0.397 e. The van der Waals surface area contributed by atoms with Gasteiger partial charge in [0.25, 0.3) is 10.1 Å². The van der Waals surface area contributed by atoms with Gasteiger partial charge < -0.3 is 0 Å². The summed E-state index contributed by atoms with van der Waals surface area (Å²) in [7, 11) is -11.6. The zero-order valence-electron chi connectivity index (χ0n) is 13.5. The monoisotopic (exact) mass is 434 g/mol. The van der Waals surface area contributed by atoms with Crippen LogP contribution in [0.1, 0.15) is 0 Å². The third kappa shape index (κ3) is 8.37. The van der Waals surface area contributed by atoms with Crippen LogP contribution in [0.15, 0.2) is 29.2 Å². The van der Waals surface area contributed by atoms with E-state index in [9.17, 15) is 25.3 Å². The molecule has 26 heavy (non-hydrogen) atoms. The molecule has 15 heteroatoms. The summed E-state index contributed by atoms with van der Waals surface area (Å²) in [4.78, 5) is 4.77. The lowest BCUT2D eigenvalue weighted by Crippen LogP contribution is -2.40. The molecule has 0 atom stereocenters. The first-order chi connectivity index (χ1) is 11.8. The van der Waals surface area contributed by atoms with Gasteiger partial charge in [-0.15, -0.1) is 0 Å². The van der Waals surface area contributed by atoms with E-state index in [2.05, 4.69) is 9.61 Å². The Bertz CT molecular complexity index is 911. The number of hydrazine groups is 1. The maximum Gasteiger partial charge on any atom is 0.397 e. The predicted molar refractivity (Wildman–Crippen MR) is 89.9 cm³/mol. The van der Waals surface area contributed by atoms with E-state index in [1.165, 1.54) is 31.4 Å². The van der Waals surface area contributed by atoms with Crippen LogP contribution in [0.2, 0.25) is 0 Å². The fourth-order valence-electron chi connectivity index (χ4n) is 1.71. The molecule has 1 aromatic rings. The summed E-state index contributed by atoms with van der Waals surface area (Å²) in [6, 6.07) is 5.27. The van der Waals surface area contributed by atoms with E-state index in [4.69, 9.17) is 13.9 Å². The highest BCUT2D eigenvalue weighted by molar-refractivity contribution is 7.91. The third-order valence-corrected chi connectivity index (χ3v) is 5.65. The molecule has 1 rings (SSSR count). The quantitative estimate of drug-likeness (QED) is 0.287. The number of hydrogen-bond acceptors (Lipinski definition) is 10. The zero-order valence-corrected chi connectivity index (χ0v) is 15.9. The first-order valence-electron chi connectivity index (χ1n) is 6.81. The Morgan fingerprint density at radius 1 is 1.08 bits per heavy atom. The number of sulfone groups is 1. The highest BCUT2D eigenvalue weighted by atomic mass is 32.3. The molecule has 0 aliphatic carbocycles. The van der Waals surface area contributed by atoms with Crippen molar-refractivity contribution in [2.45, 2.75) is 4.90 Å². The Kier molecular flexibility index (Phi) is 7.90. The van der Waals surface area contributed by atoms with Gasteiger partial charge in [-0.1, -0.05) is 6.07 Å². The lowest BCUT2D eigenvalue weighted by atomic mass is 10.3. The minimum atomic E-state index is -4.75. The van der Waals surface area contributed by atoms with Crippen LogP contribution in [-0.4, -0.2) is 66.1 Å². The third-order valence-electron chi connectivity index (χ3n) is 2.79. The standard InChI is InChI=1S/C11H18N2O10S3/c1-22-13(12-5-7-25(16,17)18)10-3-2-4-11(9-10)24(14,15)8-6-23-26(19,20)21/h2-4,9,12H,5-8H2,1H3,(H,16,17,18)(H,19,20,21). The van der Waals surface area contributed by atoms with Crippen LogP contribution >= 0.6 is 0 Å². The summed E-state index contributed by atoms with van der Waals surface area (Å²) in [5.74, 6) is -1.31. The summed E-state index contributed by atoms with van der Waals surface area (Å²) >= 11 is 0. The predicted octanol–water partition coefficient (Wildman–Crippen LogP) is -0.960. The second-order valence-corrected chi connectivity index (χ2v) is 9.51. The van der Waals surface area contributed by atoms with Gasteiger partial charge in [-0.25, -0.2) is 18.0 Å². The smallest absolute Gasteiger partial charge is 0.286 e. The minimum absolute atomic E-state index is 0.187. The van der Waals surface area contributed by atoms with Crippen LogP contribution in [0.3, 0.4) is 0 Å². The van der Waals surface area contributed by atoms with Crippen molar-refractivity contribution in [3.63, 3.8) is 0 Å². The second-order valence-electron chi connectivity index (χ2n) is 4.74. The van der Waals surface area contributed by atoms with E-state index in [1.807, 2.05) is 0 Å². The summed E-state index contributed by atoms with van der Waals surface area (Å²) in [5.41, 5.74) is 2.72. The van der Waals surface area contributed by atoms with Crippen molar-refractivity contribution in [1.29, 1.82) is 0 Å². The fourth-order valence-corrected chi connectivity index (χ4v) is 3.58. The van der Waals surface area contributed by atoms with Crippen molar-refractivity contribution in [3.05, 3.63) is 24.3 Å². The van der Waals surface area contributed by atoms with Crippen LogP contribution in [0.25, 0.3) is 0 Å². The van der Waals surface area contributed by atoms with Crippen LogP contribution in [0.4, 0.5) is 5.69 Å². The van der Waals surface area contributed by atoms with Gasteiger partial charge in [0.15, 0.2) is 9.84 Å². The molecule has 1 aromatic carbocycles. The van der Waals surface area contributed by atoms with Gasteiger partial charge in [-0.3, -0.25) is 13.9 Å². The normalized spacial score (nSPS) is 12.9. The number of nitrogens with one attached hydrogen (secondary N) is 1. The lowest BCUT2D eigenvalue weighted by Gasteiger charge is -2.22. The number of hydrogen-bond donors (Lipinski definition) is 3. The Hall–Kier alpha value is -1.33. The van der Waals surface area contributed by atoms with E-state index in [0.717, 1.165) is 5.17 Å². The van der Waals surface area contributed by atoms with Crippen LogP contribution in [0.5, 0.6) is 0 Å². The van der Waals surface area contributed by atoms with Crippen LogP contribution in [-0.2, 0) is 39.4 Å². The maximum atomic E-state index is 12.2. The molecule has 0 saturated carbocycles. The molecule has 0 bridgehead atoms. The van der Waals surface area contributed by atoms with E-state index >= 15 is 0 Å². The van der Waals surface area contributed by atoms with Crippen molar-refractivity contribution in [2.24, 2.45) is 0 Å². The van der Waals surface area contributed by atoms with Crippen molar-refractivity contribution < 1.29 is 43.4 Å². The summed E-state index contributed by atoms with van der Waals surface area (Å²) in [6.07, 6.45) is 0. The molecule has 0 radical (unpaired) electrons. The van der Waals surface area contributed by atoms with Gasteiger partial charge >= 0.3 is 10.4 Å². The Labute approximate surface area is 151 Å². The molecule has 0 spiro atoms. The molecule has 0 saturated heterocycles. The Morgan fingerprint density at radius 3 is 2.27 bits per heavy atom. The molecule has 150 valence electrons. The van der Waals surface area contributed by atoms with Gasteiger partial charge in [-0.2, -0.15) is 22.0 Å². The topological polar surface area (TPSA) is 177 Å². The maximum absolute atomic E-state index is 12.2. The van der Waals surface area contributed by atoms with Crippen LogP contribution in [0, 0.1) is 0 Å². The molecule has 0 fully saturated rings. The Balaban J connectivity index is 2.87. The Morgan fingerprint density at radius 2 is 1.73 bits per heavy atom. The zero-order chi connectivity index (χ0) is 20.0. The molecule has 12 nitrogen and oxygen atoms in total. The molecular formula is C11H18N2O10S3. The second kappa shape index (κ2) is 9.05. The molecule has 0 aliphatic rings. The number of rotatable bonds is 11. The molecule has 3 N–H and O–H groups in total. The van der Waals surface area contributed by atoms with Gasteiger partial charge in [0.1, 0.15) is 0 Å². The van der Waals surface area contributed by atoms with Gasteiger partial charge in [0, 0.05) is 6.54 Å². The van der Waals surface area contributed by atoms with Gasteiger partial charge in [0.05, 0.1) is 35.8 Å². The summed E-state index contributed by atoms with van der Waals surface area (Å²) in [5, 5.41) is 0.985. The molecule has 0 unspecified atom stereocenters. The van der Waals surface area contributed by atoms with Crippen molar-refractivity contribution in [1.82, 2.24) is 5.43 Å². The molecular weight excluding hydrogens is 416 g/mol. The summed E-state index contributed by atoms with van der Waals surface area (Å²) in [6.45, 7) is -0.988. The SMILES string of the molecule is CON(NCCS(=O)(=O)O)c1cccc(S(=O)(=O)CCOS(=O)(=O)O)c1. The van der Waals surface area contributed by atoms with E-state index < -0.39 is 48.5 Å². The van der Waals surface area contributed by atoms with Crippen LogP contribution < -0.4 is 10.6 Å². The number of benzene rings is 1. The average molecular weight is 434 g/mol. The summed E-state index contributed by atoms with van der Waals surface area (Å²) < 4.78 is 87.8. The average Bonchev–Trinajstić information content (AvgIpc) is 2.49. The van der Waals surface area contributed by atoms with E-state index in [1.54, 1.807) is 0 Å². The van der Waals surface area contributed by atoms with Gasteiger partial charge in [-0.05, 0) is 18.2 Å². The van der Waals surface area contributed by atoms with Crippen molar-refractivity contribution in [3.8, 4) is 0 Å². The lowest BCUT2D eigenvalue weighted by molar-refractivity contribution is 0.137. The molecule has 0 aliphatic heterocycles.